The van der Waals surface area contributed by atoms with Crippen LogP contribution in [-0.2, 0) is 0 Å². The van der Waals surface area contributed by atoms with Crippen molar-refractivity contribution in [3.8, 4) is 0 Å². The first-order valence-corrected chi connectivity index (χ1v) is 8.64. The van der Waals surface area contributed by atoms with E-state index < -0.39 is 0 Å². The molecule has 3 atom stereocenters. The molecule has 0 spiro atoms. The third kappa shape index (κ3) is 3.05. The molecule has 1 heterocycles. The minimum atomic E-state index is -0.348. The van der Waals surface area contributed by atoms with Crippen molar-refractivity contribution < 1.29 is 9.18 Å². The summed E-state index contributed by atoms with van der Waals surface area (Å²) in [5, 5.41) is 0. The van der Waals surface area contributed by atoms with Crippen LogP contribution >= 0.6 is 0 Å². The highest BCUT2D eigenvalue weighted by atomic mass is 19.1. The lowest BCUT2D eigenvalue weighted by Gasteiger charge is -2.37. The van der Waals surface area contributed by atoms with Crippen LogP contribution in [0.1, 0.15) is 23.2 Å². The number of rotatable bonds is 3. The fourth-order valence-electron chi connectivity index (χ4n) is 4.37. The van der Waals surface area contributed by atoms with Crippen LogP contribution in [0, 0.1) is 23.6 Å². The second-order valence-electron chi connectivity index (χ2n) is 7.14. The molecule has 1 aromatic rings. The topological polar surface area (TPSA) is 23.6 Å². The Morgan fingerprint density at radius 3 is 2.61 bits per heavy atom. The lowest BCUT2D eigenvalue weighted by Crippen LogP contribution is -2.50. The van der Waals surface area contributed by atoms with E-state index in [2.05, 4.69) is 17.1 Å². The molecule has 1 aromatic carbocycles. The summed E-state index contributed by atoms with van der Waals surface area (Å²) in [5.74, 6) is 2.01. The number of hydrogen-bond donors (Lipinski definition) is 0. The molecule has 23 heavy (non-hydrogen) atoms. The molecule has 3 nitrogen and oxygen atoms in total. The van der Waals surface area contributed by atoms with Crippen LogP contribution < -0.4 is 0 Å². The van der Waals surface area contributed by atoms with Crippen molar-refractivity contribution in [3.63, 3.8) is 0 Å². The number of halogens is 1. The molecule has 4 rings (SSSR count). The Hall–Kier alpha value is -1.68. The van der Waals surface area contributed by atoms with Gasteiger partial charge in [-0.1, -0.05) is 18.2 Å². The van der Waals surface area contributed by atoms with E-state index in [1.165, 1.54) is 25.0 Å². The first-order chi connectivity index (χ1) is 11.2. The van der Waals surface area contributed by atoms with Gasteiger partial charge in [0.1, 0.15) is 5.82 Å². The molecule has 3 aliphatic rings. The van der Waals surface area contributed by atoms with Gasteiger partial charge in [-0.15, -0.1) is 0 Å². The van der Waals surface area contributed by atoms with E-state index in [-0.39, 0.29) is 11.7 Å². The highest BCUT2D eigenvalue weighted by Gasteiger charge is 2.36. The van der Waals surface area contributed by atoms with Gasteiger partial charge in [0.15, 0.2) is 0 Å². The SMILES string of the molecule is O=C(c1cccc(F)c1)N1CCN(C[C@H]2C[C@@H]3C=C[C@@H]2C3)CC1. The quantitative estimate of drug-likeness (QED) is 0.801. The zero-order valence-corrected chi connectivity index (χ0v) is 13.3. The molecule has 0 aromatic heterocycles. The molecule has 1 saturated carbocycles. The summed E-state index contributed by atoms with van der Waals surface area (Å²) in [4.78, 5) is 16.8. The number of fused-ring (bicyclic) bond motifs is 2. The van der Waals surface area contributed by atoms with Crippen molar-refractivity contribution in [1.29, 1.82) is 0 Å². The van der Waals surface area contributed by atoms with Crippen LogP contribution in [0.25, 0.3) is 0 Å². The van der Waals surface area contributed by atoms with Crippen molar-refractivity contribution in [2.75, 3.05) is 32.7 Å². The lowest BCUT2D eigenvalue weighted by atomic mass is 9.93. The highest BCUT2D eigenvalue weighted by Crippen LogP contribution is 2.43. The maximum Gasteiger partial charge on any atom is 0.254 e. The fourth-order valence-corrected chi connectivity index (χ4v) is 4.37. The molecule has 0 radical (unpaired) electrons. The second kappa shape index (κ2) is 6.08. The maximum atomic E-state index is 13.3. The molecule has 0 N–H and O–H groups in total. The molecule has 0 unspecified atom stereocenters. The molecule has 2 fully saturated rings. The highest BCUT2D eigenvalue weighted by molar-refractivity contribution is 5.94. The second-order valence-corrected chi connectivity index (χ2v) is 7.14. The average Bonchev–Trinajstić information content (AvgIpc) is 3.18. The standard InChI is InChI=1S/C19H23FN2O/c20-18-3-1-2-16(12-18)19(23)22-8-6-21(7-9-22)13-17-11-14-4-5-15(17)10-14/h1-5,12,14-15,17H,6-11,13H2/t14-,15-,17-/m1/s1. The van der Waals surface area contributed by atoms with Gasteiger partial charge in [0.05, 0.1) is 0 Å². The van der Waals surface area contributed by atoms with E-state index in [9.17, 15) is 9.18 Å². The van der Waals surface area contributed by atoms with E-state index >= 15 is 0 Å². The molecular formula is C19H23FN2O. The first-order valence-electron chi connectivity index (χ1n) is 8.64. The van der Waals surface area contributed by atoms with Crippen LogP contribution in [0.2, 0.25) is 0 Å². The van der Waals surface area contributed by atoms with Gasteiger partial charge >= 0.3 is 0 Å². The van der Waals surface area contributed by atoms with Gasteiger partial charge in [0.25, 0.3) is 5.91 Å². The smallest absolute Gasteiger partial charge is 0.254 e. The molecule has 1 aliphatic heterocycles. The third-order valence-corrected chi connectivity index (χ3v) is 5.64. The normalized spacial score (nSPS) is 30.1. The van der Waals surface area contributed by atoms with E-state index in [4.69, 9.17) is 0 Å². The van der Waals surface area contributed by atoms with Crippen LogP contribution in [-0.4, -0.2) is 48.4 Å². The molecular weight excluding hydrogens is 291 g/mol. The van der Waals surface area contributed by atoms with Crippen LogP contribution in [0.3, 0.4) is 0 Å². The van der Waals surface area contributed by atoms with E-state index in [0.717, 1.165) is 50.5 Å². The molecule has 1 amide bonds. The van der Waals surface area contributed by atoms with Crippen LogP contribution in [0.4, 0.5) is 4.39 Å². The molecule has 4 heteroatoms. The zero-order chi connectivity index (χ0) is 15.8. The van der Waals surface area contributed by atoms with Gasteiger partial charge in [-0.3, -0.25) is 9.69 Å². The number of hydrogen-bond acceptors (Lipinski definition) is 2. The third-order valence-electron chi connectivity index (χ3n) is 5.64. The number of allylic oxidation sites excluding steroid dienone is 2. The summed E-state index contributed by atoms with van der Waals surface area (Å²) in [6, 6.07) is 6.00. The fraction of sp³-hybridized carbons (Fsp3) is 0.526. The summed E-state index contributed by atoms with van der Waals surface area (Å²) in [6.45, 7) is 4.50. The van der Waals surface area contributed by atoms with E-state index in [1.54, 1.807) is 12.1 Å². The Morgan fingerprint density at radius 2 is 1.96 bits per heavy atom. The minimum absolute atomic E-state index is 0.0491. The predicted octanol–water partition coefficient (Wildman–Crippen LogP) is 2.80. The number of piperazine rings is 1. The minimum Gasteiger partial charge on any atom is -0.336 e. The molecule has 122 valence electrons. The first kappa shape index (κ1) is 14.9. The number of amides is 1. The number of benzene rings is 1. The monoisotopic (exact) mass is 314 g/mol. The summed E-state index contributed by atoms with van der Waals surface area (Å²) < 4.78 is 13.3. The number of carbonyl (C=O) groups excluding carboxylic acids is 1. The summed E-state index contributed by atoms with van der Waals surface area (Å²) in [7, 11) is 0. The number of carbonyl (C=O) groups is 1. The van der Waals surface area contributed by atoms with Crippen LogP contribution in [0.15, 0.2) is 36.4 Å². The van der Waals surface area contributed by atoms with Gasteiger partial charge < -0.3 is 4.90 Å². The van der Waals surface area contributed by atoms with Crippen molar-refractivity contribution in [2.24, 2.45) is 17.8 Å². The Morgan fingerprint density at radius 1 is 1.13 bits per heavy atom. The Balaban J connectivity index is 1.30. The Labute approximate surface area is 136 Å². The molecule has 2 bridgehead atoms. The van der Waals surface area contributed by atoms with Gasteiger partial charge in [-0.2, -0.15) is 0 Å². The van der Waals surface area contributed by atoms with Gasteiger partial charge in [0, 0.05) is 38.3 Å². The van der Waals surface area contributed by atoms with Gasteiger partial charge in [0.2, 0.25) is 0 Å². The van der Waals surface area contributed by atoms with Gasteiger partial charge in [-0.25, -0.2) is 4.39 Å². The van der Waals surface area contributed by atoms with Crippen molar-refractivity contribution in [1.82, 2.24) is 9.80 Å². The zero-order valence-electron chi connectivity index (χ0n) is 13.3. The Kier molecular flexibility index (Phi) is 3.93. The van der Waals surface area contributed by atoms with E-state index in [1.807, 2.05) is 4.90 Å². The predicted molar refractivity (Wildman–Crippen MR) is 87.6 cm³/mol. The van der Waals surface area contributed by atoms with Crippen molar-refractivity contribution in [2.45, 2.75) is 12.8 Å². The maximum absolute atomic E-state index is 13.3. The Bertz CT molecular complexity index is 622. The molecule has 2 aliphatic carbocycles. The molecule has 1 saturated heterocycles. The summed E-state index contributed by atoms with van der Waals surface area (Å²) in [6.07, 6.45) is 7.48. The average molecular weight is 314 g/mol. The largest absolute Gasteiger partial charge is 0.336 e. The summed E-state index contributed by atoms with van der Waals surface area (Å²) in [5.41, 5.74) is 0.455. The summed E-state index contributed by atoms with van der Waals surface area (Å²) >= 11 is 0. The van der Waals surface area contributed by atoms with Crippen molar-refractivity contribution in [3.05, 3.63) is 47.8 Å². The van der Waals surface area contributed by atoms with Gasteiger partial charge in [-0.05, 0) is 48.8 Å². The van der Waals surface area contributed by atoms with Crippen molar-refractivity contribution >= 4 is 5.91 Å². The van der Waals surface area contributed by atoms with Crippen LogP contribution in [0.5, 0.6) is 0 Å². The van der Waals surface area contributed by atoms with E-state index in [0.29, 0.717) is 5.56 Å². The number of nitrogens with zero attached hydrogens (tertiary/aromatic N) is 2. The lowest BCUT2D eigenvalue weighted by molar-refractivity contribution is 0.0609.